The minimum absolute atomic E-state index is 0.0618. The molecule has 2 nitrogen and oxygen atoms in total. The quantitative estimate of drug-likeness (QED) is 0.620. The zero-order valence-corrected chi connectivity index (χ0v) is 5.79. The van der Waals surface area contributed by atoms with Gasteiger partial charge in [-0.3, -0.25) is 4.79 Å². The summed E-state index contributed by atoms with van der Waals surface area (Å²) in [5.74, 6) is 0. The van der Waals surface area contributed by atoms with Gasteiger partial charge in [-0.1, -0.05) is 12.2 Å². The summed E-state index contributed by atoms with van der Waals surface area (Å²) in [6.45, 7) is 1.94. The third-order valence-corrected chi connectivity index (χ3v) is 1.17. The first kappa shape index (κ1) is 6.81. The molecule has 0 aliphatic heterocycles. The normalized spacial score (nSPS) is 10.5. The van der Waals surface area contributed by atoms with Gasteiger partial charge in [0, 0.05) is 12.3 Å². The summed E-state index contributed by atoms with van der Waals surface area (Å²) in [4.78, 5) is 13.1. The van der Waals surface area contributed by atoms with E-state index in [2.05, 4.69) is 4.98 Å². The van der Waals surface area contributed by atoms with Gasteiger partial charge in [0.15, 0.2) is 0 Å². The van der Waals surface area contributed by atoms with Crippen LogP contribution >= 0.6 is 0 Å². The molecule has 1 rings (SSSR count). The van der Waals surface area contributed by atoms with Crippen molar-refractivity contribution in [3.05, 3.63) is 40.3 Å². The molecule has 52 valence electrons. The van der Waals surface area contributed by atoms with Crippen LogP contribution in [0.5, 0.6) is 0 Å². The van der Waals surface area contributed by atoms with Gasteiger partial charge in [0.25, 0.3) is 0 Å². The highest BCUT2D eigenvalue weighted by atomic mass is 16.1. The van der Waals surface area contributed by atoms with Gasteiger partial charge in [0.1, 0.15) is 0 Å². The van der Waals surface area contributed by atoms with E-state index >= 15 is 0 Å². The summed E-state index contributed by atoms with van der Waals surface area (Å²) < 4.78 is 0. The molecule has 1 heterocycles. The Labute approximate surface area is 59.2 Å². The van der Waals surface area contributed by atoms with Crippen LogP contribution in [0.1, 0.15) is 12.5 Å². The first-order chi connectivity index (χ1) is 4.83. The number of hydrogen-bond acceptors (Lipinski definition) is 1. The van der Waals surface area contributed by atoms with E-state index in [1.54, 1.807) is 12.3 Å². The fourth-order valence-electron chi connectivity index (χ4n) is 0.719. The van der Waals surface area contributed by atoms with E-state index in [9.17, 15) is 4.79 Å². The van der Waals surface area contributed by atoms with Crippen molar-refractivity contribution in [2.75, 3.05) is 0 Å². The van der Waals surface area contributed by atoms with E-state index in [0.29, 0.717) is 0 Å². The van der Waals surface area contributed by atoms with E-state index in [0.717, 1.165) is 5.56 Å². The molecule has 2 heteroatoms. The van der Waals surface area contributed by atoms with E-state index in [-0.39, 0.29) is 5.56 Å². The van der Waals surface area contributed by atoms with Crippen LogP contribution in [-0.4, -0.2) is 4.98 Å². The van der Waals surface area contributed by atoms with E-state index < -0.39 is 0 Å². The van der Waals surface area contributed by atoms with Gasteiger partial charge in [0.2, 0.25) is 5.56 Å². The maximum Gasteiger partial charge on any atom is 0.247 e. The Balaban J connectivity index is 3.00. The molecule has 0 amide bonds. The first-order valence-corrected chi connectivity index (χ1v) is 3.14. The molecule has 0 saturated carbocycles. The van der Waals surface area contributed by atoms with Crippen molar-refractivity contribution in [1.82, 2.24) is 4.98 Å². The summed E-state index contributed by atoms with van der Waals surface area (Å²) in [6, 6.07) is 3.29. The second-order valence-corrected chi connectivity index (χ2v) is 1.99. The molecule has 1 N–H and O–H groups in total. The minimum Gasteiger partial charge on any atom is -0.329 e. The smallest absolute Gasteiger partial charge is 0.247 e. The van der Waals surface area contributed by atoms with Gasteiger partial charge < -0.3 is 4.98 Å². The topological polar surface area (TPSA) is 32.9 Å². The summed E-state index contributed by atoms with van der Waals surface area (Å²) in [5, 5.41) is 0. The lowest BCUT2D eigenvalue weighted by molar-refractivity contribution is 1.23. The number of rotatable bonds is 1. The molecule has 1 aromatic rings. The van der Waals surface area contributed by atoms with Gasteiger partial charge in [0.05, 0.1) is 0 Å². The highest BCUT2D eigenvalue weighted by Gasteiger charge is 1.82. The molecular formula is C8H9NO. The number of pyridine rings is 1. The molecule has 10 heavy (non-hydrogen) atoms. The Bertz CT molecular complexity index is 265. The summed E-state index contributed by atoms with van der Waals surface area (Å²) in [5.41, 5.74) is 0.954. The largest absolute Gasteiger partial charge is 0.329 e. The van der Waals surface area contributed by atoms with Crippen LogP contribution < -0.4 is 5.56 Å². The molecule has 0 aromatic carbocycles. The molecule has 0 spiro atoms. The van der Waals surface area contributed by atoms with Crippen molar-refractivity contribution in [2.45, 2.75) is 6.92 Å². The lowest BCUT2D eigenvalue weighted by Gasteiger charge is -1.87. The molecular weight excluding hydrogens is 126 g/mol. The highest BCUT2D eigenvalue weighted by molar-refractivity contribution is 5.46. The van der Waals surface area contributed by atoms with Crippen molar-refractivity contribution in [1.29, 1.82) is 0 Å². The number of nitrogens with one attached hydrogen (secondary N) is 1. The van der Waals surface area contributed by atoms with Crippen molar-refractivity contribution in [3.63, 3.8) is 0 Å². The van der Waals surface area contributed by atoms with Crippen molar-refractivity contribution in [2.24, 2.45) is 0 Å². The molecule has 0 bridgehead atoms. The SMILES string of the molecule is CC=Cc1ccc(=O)[nH]c1. The number of aromatic amines is 1. The van der Waals surface area contributed by atoms with Crippen LogP contribution in [0.3, 0.4) is 0 Å². The van der Waals surface area contributed by atoms with Gasteiger partial charge in [-0.25, -0.2) is 0 Å². The second kappa shape index (κ2) is 3.01. The summed E-state index contributed by atoms with van der Waals surface area (Å²) in [6.07, 6.45) is 5.53. The molecule has 0 aliphatic carbocycles. The van der Waals surface area contributed by atoms with Crippen molar-refractivity contribution < 1.29 is 0 Å². The molecule has 1 aromatic heterocycles. The predicted molar refractivity (Wildman–Crippen MR) is 41.8 cm³/mol. The molecule has 0 fully saturated rings. The van der Waals surface area contributed by atoms with Crippen molar-refractivity contribution >= 4 is 6.08 Å². The third kappa shape index (κ3) is 1.58. The Hall–Kier alpha value is -1.31. The lowest BCUT2D eigenvalue weighted by Crippen LogP contribution is -2.00. The molecule has 0 aliphatic rings. The van der Waals surface area contributed by atoms with Crippen LogP contribution in [-0.2, 0) is 0 Å². The predicted octanol–water partition coefficient (Wildman–Crippen LogP) is 1.41. The molecule has 0 radical (unpaired) electrons. The zero-order chi connectivity index (χ0) is 7.40. The third-order valence-electron chi connectivity index (χ3n) is 1.17. The van der Waals surface area contributed by atoms with Crippen LogP contribution in [0.25, 0.3) is 6.08 Å². The number of aromatic nitrogens is 1. The fraction of sp³-hybridized carbons (Fsp3) is 0.125. The van der Waals surface area contributed by atoms with Gasteiger partial charge >= 0.3 is 0 Å². The maximum absolute atomic E-state index is 10.5. The summed E-state index contributed by atoms with van der Waals surface area (Å²) >= 11 is 0. The minimum atomic E-state index is -0.0618. The Kier molecular flexibility index (Phi) is 2.05. The van der Waals surface area contributed by atoms with Gasteiger partial charge in [-0.2, -0.15) is 0 Å². The fourth-order valence-corrected chi connectivity index (χ4v) is 0.719. The number of allylic oxidation sites excluding steroid dienone is 1. The van der Waals surface area contributed by atoms with E-state index in [4.69, 9.17) is 0 Å². The van der Waals surface area contributed by atoms with Crippen LogP contribution in [0.2, 0.25) is 0 Å². The van der Waals surface area contributed by atoms with Gasteiger partial charge in [-0.15, -0.1) is 0 Å². The first-order valence-electron chi connectivity index (χ1n) is 3.14. The second-order valence-electron chi connectivity index (χ2n) is 1.99. The van der Waals surface area contributed by atoms with Gasteiger partial charge in [-0.05, 0) is 18.6 Å². The van der Waals surface area contributed by atoms with E-state index in [1.807, 2.05) is 19.1 Å². The maximum atomic E-state index is 10.5. The average molecular weight is 135 g/mol. The van der Waals surface area contributed by atoms with Crippen LogP contribution in [0, 0.1) is 0 Å². The van der Waals surface area contributed by atoms with Crippen molar-refractivity contribution in [3.8, 4) is 0 Å². The Morgan fingerprint density at radius 2 is 2.30 bits per heavy atom. The number of H-pyrrole nitrogens is 1. The molecule has 0 saturated heterocycles. The zero-order valence-electron chi connectivity index (χ0n) is 5.79. The summed E-state index contributed by atoms with van der Waals surface area (Å²) in [7, 11) is 0. The number of hydrogen-bond donors (Lipinski definition) is 1. The van der Waals surface area contributed by atoms with Crippen LogP contribution in [0.15, 0.2) is 29.2 Å². The monoisotopic (exact) mass is 135 g/mol. The average Bonchev–Trinajstić information content (AvgIpc) is 1.95. The standard InChI is InChI=1S/C8H9NO/c1-2-3-7-4-5-8(10)9-6-7/h2-6H,1H3,(H,9,10). The molecule has 0 unspecified atom stereocenters. The Morgan fingerprint density at radius 1 is 1.50 bits per heavy atom. The molecule has 0 atom stereocenters. The van der Waals surface area contributed by atoms with E-state index in [1.165, 1.54) is 6.07 Å². The highest BCUT2D eigenvalue weighted by Crippen LogP contribution is 1.94. The van der Waals surface area contributed by atoms with Crippen LogP contribution in [0.4, 0.5) is 0 Å². The lowest BCUT2D eigenvalue weighted by atomic mass is 10.3. The Morgan fingerprint density at radius 3 is 2.80 bits per heavy atom.